The molecule has 0 atom stereocenters. The number of carbonyl (C=O) groups is 2. The zero-order chi connectivity index (χ0) is 14.6. The van der Waals surface area contributed by atoms with Gasteiger partial charge >= 0.3 is 12.0 Å². The number of furan rings is 1. The van der Waals surface area contributed by atoms with Gasteiger partial charge in [-0.25, -0.2) is 9.59 Å². The third-order valence-corrected chi connectivity index (χ3v) is 3.56. The van der Waals surface area contributed by atoms with Crippen LogP contribution >= 0.6 is 0 Å². The van der Waals surface area contributed by atoms with Crippen molar-refractivity contribution in [2.75, 3.05) is 13.7 Å². The van der Waals surface area contributed by atoms with Crippen LogP contribution < -0.4 is 10.6 Å². The summed E-state index contributed by atoms with van der Waals surface area (Å²) >= 11 is 0. The molecule has 2 rings (SSSR count). The van der Waals surface area contributed by atoms with Crippen molar-refractivity contribution >= 4 is 12.0 Å². The second-order valence-electron chi connectivity index (χ2n) is 4.85. The standard InChI is InChI=1S/C13H18N2O5/c1-19-13(5-2-6-13)8-15-12(18)14-7-9-3-4-10(20-9)11(16)17/h3-4H,2,5-8H2,1H3,(H,16,17)(H2,14,15,18). The molecule has 1 aromatic rings. The highest BCUT2D eigenvalue weighted by Gasteiger charge is 2.37. The topological polar surface area (TPSA) is 101 Å². The van der Waals surface area contributed by atoms with Crippen molar-refractivity contribution in [3.05, 3.63) is 23.7 Å². The minimum absolute atomic E-state index is 0.138. The molecular formula is C13H18N2O5. The fraction of sp³-hybridized carbons (Fsp3) is 0.538. The number of nitrogens with one attached hydrogen (secondary N) is 2. The van der Waals surface area contributed by atoms with Crippen LogP contribution in [0.15, 0.2) is 16.5 Å². The van der Waals surface area contributed by atoms with Crippen LogP contribution in [0, 0.1) is 0 Å². The van der Waals surface area contributed by atoms with E-state index in [0.29, 0.717) is 12.3 Å². The minimum atomic E-state index is -1.13. The van der Waals surface area contributed by atoms with Gasteiger partial charge in [-0.3, -0.25) is 0 Å². The van der Waals surface area contributed by atoms with E-state index >= 15 is 0 Å². The van der Waals surface area contributed by atoms with Gasteiger partial charge in [0.1, 0.15) is 5.76 Å². The summed E-state index contributed by atoms with van der Waals surface area (Å²) in [5, 5.41) is 14.0. The molecule has 20 heavy (non-hydrogen) atoms. The normalized spacial score (nSPS) is 16.2. The summed E-state index contributed by atoms with van der Waals surface area (Å²) in [6.07, 6.45) is 3.01. The quantitative estimate of drug-likeness (QED) is 0.731. The molecular weight excluding hydrogens is 264 g/mol. The number of aromatic carboxylic acids is 1. The van der Waals surface area contributed by atoms with Crippen molar-refractivity contribution < 1.29 is 23.8 Å². The predicted octanol–water partition coefficient (Wildman–Crippen LogP) is 1.35. The van der Waals surface area contributed by atoms with E-state index in [4.69, 9.17) is 14.3 Å². The van der Waals surface area contributed by atoms with Gasteiger partial charge in [0, 0.05) is 13.7 Å². The Bertz CT molecular complexity index is 487. The van der Waals surface area contributed by atoms with E-state index in [-0.39, 0.29) is 23.9 Å². The van der Waals surface area contributed by atoms with E-state index in [1.807, 2.05) is 0 Å². The summed E-state index contributed by atoms with van der Waals surface area (Å²) in [6.45, 7) is 0.604. The van der Waals surface area contributed by atoms with Gasteiger partial charge in [0.15, 0.2) is 0 Å². The van der Waals surface area contributed by atoms with Gasteiger partial charge in [0.05, 0.1) is 12.1 Å². The SMILES string of the molecule is COC1(CNC(=O)NCc2ccc(C(=O)O)o2)CCC1. The zero-order valence-corrected chi connectivity index (χ0v) is 11.3. The molecule has 0 unspecified atom stereocenters. The Morgan fingerprint density at radius 1 is 1.40 bits per heavy atom. The summed E-state index contributed by atoms with van der Waals surface area (Å²) in [5.74, 6) is -0.884. The van der Waals surface area contributed by atoms with Crippen LogP contribution in [0.5, 0.6) is 0 Å². The molecule has 1 aliphatic carbocycles. The van der Waals surface area contributed by atoms with Crippen molar-refractivity contribution in [3.8, 4) is 0 Å². The number of carbonyl (C=O) groups excluding carboxylic acids is 1. The summed E-state index contributed by atoms with van der Waals surface area (Å²) in [4.78, 5) is 22.3. The van der Waals surface area contributed by atoms with Crippen molar-refractivity contribution in [2.24, 2.45) is 0 Å². The molecule has 7 heteroatoms. The monoisotopic (exact) mass is 282 g/mol. The van der Waals surface area contributed by atoms with E-state index in [2.05, 4.69) is 10.6 Å². The average molecular weight is 282 g/mol. The first-order valence-corrected chi connectivity index (χ1v) is 6.43. The summed E-state index contributed by atoms with van der Waals surface area (Å²) in [5.41, 5.74) is -0.224. The highest BCUT2D eigenvalue weighted by atomic mass is 16.5. The minimum Gasteiger partial charge on any atom is -0.475 e. The van der Waals surface area contributed by atoms with E-state index in [0.717, 1.165) is 19.3 Å². The van der Waals surface area contributed by atoms with Crippen LogP contribution in [-0.2, 0) is 11.3 Å². The number of carboxylic acids is 1. The number of rotatable bonds is 6. The predicted molar refractivity (Wildman–Crippen MR) is 69.5 cm³/mol. The molecule has 0 bridgehead atoms. The number of hydrogen-bond donors (Lipinski definition) is 3. The fourth-order valence-electron chi connectivity index (χ4n) is 2.08. The smallest absolute Gasteiger partial charge is 0.371 e. The van der Waals surface area contributed by atoms with Crippen LogP contribution in [0.2, 0.25) is 0 Å². The van der Waals surface area contributed by atoms with Crippen molar-refractivity contribution in [1.82, 2.24) is 10.6 Å². The van der Waals surface area contributed by atoms with Crippen molar-refractivity contribution in [1.29, 1.82) is 0 Å². The van der Waals surface area contributed by atoms with Gasteiger partial charge in [-0.15, -0.1) is 0 Å². The molecule has 7 nitrogen and oxygen atoms in total. The maximum atomic E-state index is 11.6. The molecule has 1 fully saturated rings. The van der Waals surface area contributed by atoms with Gasteiger partial charge in [-0.1, -0.05) is 0 Å². The van der Waals surface area contributed by atoms with Gasteiger partial charge in [-0.05, 0) is 31.4 Å². The maximum Gasteiger partial charge on any atom is 0.371 e. The molecule has 0 spiro atoms. The second kappa shape index (κ2) is 5.96. The number of carboxylic acid groups (broad SMARTS) is 1. The van der Waals surface area contributed by atoms with Gasteiger partial charge in [0.25, 0.3) is 0 Å². The number of ether oxygens (including phenoxy) is 1. The van der Waals surface area contributed by atoms with Crippen LogP contribution in [-0.4, -0.2) is 36.4 Å². The summed E-state index contributed by atoms with van der Waals surface area (Å²) < 4.78 is 10.4. The van der Waals surface area contributed by atoms with E-state index < -0.39 is 5.97 Å². The zero-order valence-electron chi connectivity index (χ0n) is 11.3. The lowest BCUT2D eigenvalue weighted by Crippen LogP contribution is -2.51. The largest absolute Gasteiger partial charge is 0.475 e. The first-order chi connectivity index (χ1) is 9.54. The molecule has 2 amide bonds. The molecule has 0 radical (unpaired) electrons. The Morgan fingerprint density at radius 3 is 2.65 bits per heavy atom. The van der Waals surface area contributed by atoms with Crippen molar-refractivity contribution in [2.45, 2.75) is 31.4 Å². The summed E-state index contributed by atoms with van der Waals surface area (Å²) in [6, 6.07) is 2.54. The highest BCUT2D eigenvalue weighted by Crippen LogP contribution is 2.34. The lowest BCUT2D eigenvalue weighted by atomic mass is 9.80. The Morgan fingerprint density at radius 2 is 2.15 bits per heavy atom. The van der Waals surface area contributed by atoms with E-state index in [9.17, 15) is 9.59 Å². The van der Waals surface area contributed by atoms with Gasteiger partial charge < -0.3 is 24.9 Å². The van der Waals surface area contributed by atoms with Crippen LogP contribution in [0.4, 0.5) is 4.79 Å². The average Bonchev–Trinajstić information content (AvgIpc) is 2.84. The van der Waals surface area contributed by atoms with E-state index in [1.54, 1.807) is 7.11 Å². The number of urea groups is 1. The Balaban J connectivity index is 1.73. The molecule has 0 aliphatic heterocycles. The third kappa shape index (κ3) is 3.30. The Labute approximate surface area is 116 Å². The fourth-order valence-corrected chi connectivity index (χ4v) is 2.08. The number of amides is 2. The second-order valence-corrected chi connectivity index (χ2v) is 4.85. The molecule has 3 N–H and O–H groups in total. The first-order valence-electron chi connectivity index (χ1n) is 6.43. The first kappa shape index (κ1) is 14.4. The Hall–Kier alpha value is -2.02. The molecule has 1 saturated carbocycles. The molecule has 1 heterocycles. The lowest BCUT2D eigenvalue weighted by Gasteiger charge is -2.40. The molecule has 0 aromatic carbocycles. The van der Waals surface area contributed by atoms with Crippen LogP contribution in [0.25, 0.3) is 0 Å². The molecule has 0 saturated heterocycles. The van der Waals surface area contributed by atoms with E-state index in [1.165, 1.54) is 12.1 Å². The molecule has 110 valence electrons. The van der Waals surface area contributed by atoms with Crippen LogP contribution in [0.1, 0.15) is 35.6 Å². The number of methoxy groups -OCH3 is 1. The third-order valence-electron chi connectivity index (χ3n) is 3.56. The van der Waals surface area contributed by atoms with Gasteiger partial charge in [-0.2, -0.15) is 0 Å². The molecule has 1 aliphatic rings. The Kier molecular flexibility index (Phi) is 4.29. The summed E-state index contributed by atoms with van der Waals surface area (Å²) in [7, 11) is 1.65. The molecule has 1 aromatic heterocycles. The van der Waals surface area contributed by atoms with Crippen LogP contribution in [0.3, 0.4) is 0 Å². The highest BCUT2D eigenvalue weighted by molar-refractivity contribution is 5.84. The number of hydrogen-bond acceptors (Lipinski definition) is 4. The van der Waals surface area contributed by atoms with Crippen molar-refractivity contribution in [3.63, 3.8) is 0 Å². The maximum absolute atomic E-state index is 11.6. The lowest BCUT2D eigenvalue weighted by molar-refractivity contribution is -0.0674. The van der Waals surface area contributed by atoms with Gasteiger partial charge in [0.2, 0.25) is 5.76 Å².